The van der Waals surface area contributed by atoms with Gasteiger partial charge in [0.2, 0.25) is 5.89 Å². The van der Waals surface area contributed by atoms with Crippen molar-refractivity contribution in [2.75, 3.05) is 0 Å². The normalized spacial score (nSPS) is 11.5. The molecule has 0 amide bonds. The number of hydrogen-bond acceptors (Lipinski definition) is 4. The molecule has 4 heterocycles. The van der Waals surface area contributed by atoms with E-state index in [1.807, 2.05) is 48.8 Å². The number of para-hydroxylation sites is 3. The Kier molecular flexibility index (Phi) is 5.07. The van der Waals surface area contributed by atoms with E-state index in [1.54, 1.807) is 6.20 Å². The molecular weight excluding hydrogens is 492 g/mol. The Morgan fingerprint density at radius 3 is 2.38 bits per heavy atom. The zero-order valence-corrected chi connectivity index (χ0v) is 21.4. The van der Waals surface area contributed by atoms with E-state index in [4.69, 9.17) is 14.4 Å². The van der Waals surface area contributed by atoms with Gasteiger partial charge < -0.3 is 8.98 Å². The fraction of sp³-hybridized carbons (Fsp3) is 0. The molecule has 5 heteroatoms. The molecule has 4 aromatic carbocycles. The van der Waals surface area contributed by atoms with Crippen LogP contribution in [0.1, 0.15) is 0 Å². The molecule has 8 rings (SSSR count). The van der Waals surface area contributed by atoms with Gasteiger partial charge in [-0.3, -0.25) is 9.97 Å². The van der Waals surface area contributed by atoms with Gasteiger partial charge in [0.25, 0.3) is 0 Å². The summed E-state index contributed by atoms with van der Waals surface area (Å²) in [6, 6.07) is 39.5. The van der Waals surface area contributed by atoms with Crippen molar-refractivity contribution in [3.63, 3.8) is 0 Å². The van der Waals surface area contributed by atoms with E-state index in [1.165, 1.54) is 10.8 Å². The topological polar surface area (TPSA) is 56.7 Å². The van der Waals surface area contributed by atoms with Crippen molar-refractivity contribution in [1.82, 2.24) is 19.5 Å². The molecule has 0 aliphatic rings. The quantitative estimate of drug-likeness (QED) is 0.236. The van der Waals surface area contributed by atoms with Gasteiger partial charge in [0.1, 0.15) is 5.52 Å². The minimum atomic E-state index is 0.616. The average Bonchev–Trinajstić information content (AvgIpc) is 3.61. The first-order chi connectivity index (χ1) is 19.8. The van der Waals surface area contributed by atoms with Crippen LogP contribution >= 0.6 is 0 Å². The predicted octanol–water partition coefficient (Wildman–Crippen LogP) is 8.72. The summed E-state index contributed by atoms with van der Waals surface area (Å²) in [5.41, 5.74) is 9.98. The van der Waals surface area contributed by atoms with Gasteiger partial charge in [0.15, 0.2) is 5.58 Å². The van der Waals surface area contributed by atoms with Crippen LogP contribution in [0.5, 0.6) is 0 Å². The molecular formula is C35H22N4O. The van der Waals surface area contributed by atoms with E-state index in [0.717, 1.165) is 55.8 Å². The van der Waals surface area contributed by atoms with Crippen molar-refractivity contribution in [3.05, 3.63) is 134 Å². The Hall–Kier alpha value is -5.55. The Labute approximate surface area is 230 Å². The minimum absolute atomic E-state index is 0.616. The van der Waals surface area contributed by atoms with Crippen molar-refractivity contribution >= 4 is 32.9 Å². The molecule has 188 valence electrons. The smallest absolute Gasteiger partial charge is 0.227 e. The van der Waals surface area contributed by atoms with Crippen molar-refractivity contribution in [3.8, 4) is 39.5 Å². The summed E-state index contributed by atoms with van der Waals surface area (Å²) >= 11 is 0. The molecule has 0 saturated heterocycles. The van der Waals surface area contributed by atoms with Crippen molar-refractivity contribution in [2.24, 2.45) is 0 Å². The molecule has 4 aromatic heterocycles. The van der Waals surface area contributed by atoms with Crippen LogP contribution in [-0.2, 0) is 0 Å². The summed E-state index contributed by atoms with van der Waals surface area (Å²) in [7, 11) is 0. The summed E-state index contributed by atoms with van der Waals surface area (Å²) in [4.78, 5) is 13.7. The van der Waals surface area contributed by atoms with Crippen molar-refractivity contribution < 1.29 is 4.42 Å². The summed E-state index contributed by atoms with van der Waals surface area (Å²) in [5.74, 6) is 0.616. The highest BCUT2D eigenvalue weighted by atomic mass is 16.3. The van der Waals surface area contributed by atoms with E-state index in [-0.39, 0.29) is 0 Å². The third-order valence-electron chi connectivity index (χ3n) is 7.37. The molecule has 0 N–H and O–H groups in total. The SMILES string of the molecule is c1cncc(-c2ccnc(-c3cccc(-n4c5ccccc5c5ccc(-c6nc7ccccc7o6)cc54)c3)c2)c1. The number of hydrogen-bond donors (Lipinski definition) is 0. The van der Waals surface area contributed by atoms with Gasteiger partial charge in [0, 0.05) is 51.7 Å². The third-order valence-corrected chi connectivity index (χ3v) is 7.37. The van der Waals surface area contributed by atoms with Gasteiger partial charge in [-0.1, -0.05) is 54.6 Å². The molecule has 0 aliphatic carbocycles. The maximum absolute atomic E-state index is 6.11. The number of pyridine rings is 2. The van der Waals surface area contributed by atoms with Crippen LogP contribution in [0, 0.1) is 0 Å². The van der Waals surface area contributed by atoms with Crippen LogP contribution in [0.15, 0.2) is 138 Å². The molecule has 0 radical (unpaired) electrons. The van der Waals surface area contributed by atoms with Gasteiger partial charge in [-0.05, 0) is 66.2 Å². The fourth-order valence-electron chi connectivity index (χ4n) is 5.48. The molecule has 40 heavy (non-hydrogen) atoms. The zero-order chi connectivity index (χ0) is 26.5. The molecule has 8 aromatic rings. The monoisotopic (exact) mass is 514 g/mol. The molecule has 0 spiro atoms. The van der Waals surface area contributed by atoms with Crippen molar-refractivity contribution in [2.45, 2.75) is 0 Å². The molecule has 0 aliphatic heterocycles. The fourth-order valence-corrected chi connectivity index (χ4v) is 5.48. The van der Waals surface area contributed by atoms with Gasteiger partial charge in [-0.25, -0.2) is 4.98 Å². The van der Waals surface area contributed by atoms with E-state index >= 15 is 0 Å². The summed E-state index contributed by atoms with van der Waals surface area (Å²) in [5, 5.41) is 2.38. The second-order valence-corrected chi connectivity index (χ2v) is 9.79. The lowest BCUT2D eigenvalue weighted by Gasteiger charge is -2.11. The van der Waals surface area contributed by atoms with Gasteiger partial charge in [0.05, 0.1) is 16.7 Å². The number of benzene rings is 4. The van der Waals surface area contributed by atoms with Gasteiger partial charge in [-0.15, -0.1) is 0 Å². The standard InChI is InChI=1S/C35H22N4O/c1-3-12-32-28(10-1)29-15-14-25(35-38-30-11-2-4-13-34(30)40-35)21-33(29)39(32)27-9-5-7-24(19-27)31-20-23(16-18-37-31)26-8-6-17-36-22-26/h1-22H. The molecule has 5 nitrogen and oxygen atoms in total. The number of rotatable bonds is 4. The Morgan fingerprint density at radius 2 is 1.45 bits per heavy atom. The maximum Gasteiger partial charge on any atom is 0.227 e. The molecule has 0 atom stereocenters. The van der Waals surface area contributed by atoms with Crippen LogP contribution in [-0.4, -0.2) is 19.5 Å². The van der Waals surface area contributed by atoms with E-state index in [9.17, 15) is 0 Å². The van der Waals surface area contributed by atoms with E-state index in [2.05, 4.69) is 88.4 Å². The Bertz CT molecular complexity index is 2140. The zero-order valence-electron chi connectivity index (χ0n) is 21.4. The van der Waals surface area contributed by atoms with E-state index < -0.39 is 0 Å². The van der Waals surface area contributed by atoms with E-state index in [0.29, 0.717) is 5.89 Å². The van der Waals surface area contributed by atoms with Crippen LogP contribution in [0.25, 0.3) is 72.4 Å². The highest BCUT2D eigenvalue weighted by Gasteiger charge is 2.16. The Balaban J connectivity index is 1.30. The lowest BCUT2D eigenvalue weighted by atomic mass is 10.0. The van der Waals surface area contributed by atoms with Crippen LogP contribution < -0.4 is 0 Å². The summed E-state index contributed by atoms with van der Waals surface area (Å²) < 4.78 is 8.42. The van der Waals surface area contributed by atoms with Gasteiger partial charge in [-0.2, -0.15) is 0 Å². The van der Waals surface area contributed by atoms with Crippen LogP contribution in [0.2, 0.25) is 0 Å². The van der Waals surface area contributed by atoms with Crippen molar-refractivity contribution in [1.29, 1.82) is 0 Å². The molecule has 0 bridgehead atoms. The highest BCUT2D eigenvalue weighted by molar-refractivity contribution is 6.10. The first-order valence-electron chi connectivity index (χ1n) is 13.2. The minimum Gasteiger partial charge on any atom is -0.436 e. The maximum atomic E-state index is 6.11. The van der Waals surface area contributed by atoms with Gasteiger partial charge >= 0.3 is 0 Å². The number of fused-ring (bicyclic) bond motifs is 4. The highest BCUT2D eigenvalue weighted by Crippen LogP contribution is 2.36. The summed E-state index contributed by atoms with van der Waals surface area (Å²) in [6.45, 7) is 0. The molecule has 0 saturated carbocycles. The first-order valence-corrected chi connectivity index (χ1v) is 13.2. The first kappa shape index (κ1) is 22.4. The predicted molar refractivity (Wildman–Crippen MR) is 160 cm³/mol. The molecule has 0 unspecified atom stereocenters. The largest absolute Gasteiger partial charge is 0.436 e. The Morgan fingerprint density at radius 1 is 0.575 bits per heavy atom. The lowest BCUT2D eigenvalue weighted by molar-refractivity contribution is 0.620. The van der Waals surface area contributed by atoms with Crippen LogP contribution in [0.3, 0.4) is 0 Å². The second-order valence-electron chi connectivity index (χ2n) is 9.79. The average molecular weight is 515 g/mol. The summed E-state index contributed by atoms with van der Waals surface area (Å²) in [6.07, 6.45) is 5.52. The molecule has 0 fully saturated rings. The van der Waals surface area contributed by atoms with Crippen LogP contribution in [0.4, 0.5) is 0 Å². The third kappa shape index (κ3) is 3.68. The number of oxazole rings is 1. The second kappa shape index (κ2) is 9.03. The lowest BCUT2D eigenvalue weighted by Crippen LogP contribution is -1.95. The number of aromatic nitrogens is 4. The number of nitrogens with zero attached hydrogens (tertiary/aromatic N) is 4.